The van der Waals surface area contributed by atoms with Crippen molar-refractivity contribution >= 4 is 0 Å². The maximum absolute atomic E-state index is 5.33. The predicted octanol–water partition coefficient (Wildman–Crippen LogP) is 1.59. The first kappa shape index (κ1) is 8.02. The molecule has 0 unspecified atom stereocenters. The van der Waals surface area contributed by atoms with Gasteiger partial charge < -0.3 is 9.47 Å². The average Bonchev–Trinajstić information content (AvgIpc) is 2.71. The molecule has 2 heteroatoms. The van der Waals surface area contributed by atoms with E-state index in [4.69, 9.17) is 9.47 Å². The topological polar surface area (TPSA) is 21.8 Å². The molecule has 1 saturated heterocycles. The second-order valence-electron chi connectivity index (χ2n) is 2.74. The van der Waals surface area contributed by atoms with E-state index < -0.39 is 0 Å². The van der Waals surface area contributed by atoms with Gasteiger partial charge in [-0.25, -0.2) is 0 Å². The Labute approximate surface area is 62.5 Å². The summed E-state index contributed by atoms with van der Waals surface area (Å²) >= 11 is 0. The Balaban J connectivity index is 1.68. The van der Waals surface area contributed by atoms with Crippen LogP contribution in [0.5, 0.6) is 0 Å². The van der Waals surface area contributed by atoms with Gasteiger partial charge >= 0.3 is 0 Å². The molecule has 1 fully saturated rings. The van der Waals surface area contributed by atoms with Gasteiger partial charge in [-0.15, -0.1) is 0 Å². The van der Waals surface area contributed by atoms with Gasteiger partial charge in [0.1, 0.15) is 6.10 Å². The van der Waals surface area contributed by atoms with Crippen LogP contribution in [0.3, 0.4) is 0 Å². The zero-order valence-corrected chi connectivity index (χ0v) is 6.64. The van der Waals surface area contributed by atoms with Gasteiger partial charge in [-0.1, -0.05) is 19.8 Å². The quantitative estimate of drug-likeness (QED) is 0.417. The Morgan fingerprint density at radius 1 is 1.50 bits per heavy atom. The van der Waals surface area contributed by atoms with Crippen molar-refractivity contribution in [2.24, 2.45) is 0 Å². The largest absolute Gasteiger partial charge is 0.379 e. The summed E-state index contributed by atoms with van der Waals surface area (Å²) in [6.45, 7) is 4.83. The molecule has 0 spiro atoms. The standard InChI is InChI=1S/C8H16O2/c1-2-3-4-5-9-6-8-7-10-8/h8H,2-7H2,1H3/t8-/m0/s1. The highest BCUT2D eigenvalue weighted by Gasteiger charge is 2.21. The molecule has 0 bridgehead atoms. The number of hydrogen-bond donors (Lipinski definition) is 0. The highest BCUT2D eigenvalue weighted by molar-refractivity contribution is 4.66. The number of epoxide rings is 1. The number of rotatable bonds is 6. The minimum atomic E-state index is 0.432. The fourth-order valence-electron chi connectivity index (χ4n) is 0.833. The van der Waals surface area contributed by atoms with Crippen LogP contribution >= 0.6 is 0 Å². The molecule has 0 N–H and O–H groups in total. The molecule has 0 radical (unpaired) electrons. The maximum Gasteiger partial charge on any atom is 0.104 e. The molecule has 0 aliphatic carbocycles. The van der Waals surface area contributed by atoms with E-state index >= 15 is 0 Å². The van der Waals surface area contributed by atoms with Crippen LogP contribution in [-0.2, 0) is 9.47 Å². The number of ether oxygens (including phenoxy) is 2. The van der Waals surface area contributed by atoms with Gasteiger partial charge in [-0.2, -0.15) is 0 Å². The first-order valence-corrected chi connectivity index (χ1v) is 4.13. The van der Waals surface area contributed by atoms with Crippen LogP contribution in [0.4, 0.5) is 0 Å². The monoisotopic (exact) mass is 144 g/mol. The summed E-state index contributed by atoms with van der Waals surface area (Å²) in [6, 6.07) is 0. The van der Waals surface area contributed by atoms with Crippen molar-refractivity contribution in [2.45, 2.75) is 32.3 Å². The minimum Gasteiger partial charge on any atom is -0.379 e. The summed E-state index contributed by atoms with van der Waals surface area (Å²) in [7, 11) is 0. The van der Waals surface area contributed by atoms with Crippen molar-refractivity contribution in [3.8, 4) is 0 Å². The van der Waals surface area contributed by atoms with E-state index in [1.165, 1.54) is 19.3 Å². The average molecular weight is 144 g/mol. The van der Waals surface area contributed by atoms with Crippen LogP contribution in [0, 0.1) is 0 Å². The second-order valence-corrected chi connectivity index (χ2v) is 2.74. The summed E-state index contributed by atoms with van der Waals surface area (Å²) in [4.78, 5) is 0. The van der Waals surface area contributed by atoms with E-state index in [0.717, 1.165) is 19.8 Å². The molecule has 0 aromatic carbocycles. The Morgan fingerprint density at radius 2 is 2.30 bits per heavy atom. The lowest BCUT2D eigenvalue weighted by atomic mass is 10.3. The summed E-state index contributed by atoms with van der Waals surface area (Å²) in [6.07, 6.45) is 4.18. The molecule has 0 saturated carbocycles. The smallest absolute Gasteiger partial charge is 0.104 e. The van der Waals surface area contributed by atoms with Gasteiger partial charge in [0.25, 0.3) is 0 Å². The summed E-state index contributed by atoms with van der Waals surface area (Å²) in [5.41, 5.74) is 0. The molecule has 1 aliphatic heterocycles. The van der Waals surface area contributed by atoms with Crippen molar-refractivity contribution in [2.75, 3.05) is 19.8 Å². The molecular formula is C8H16O2. The molecular weight excluding hydrogens is 128 g/mol. The molecule has 0 aromatic rings. The van der Waals surface area contributed by atoms with Crippen LogP contribution in [0.25, 0.3) is 0 Å². The highest BCUT2D eigenvalue weighted by Crippen LogP contribution is 2.08. The van der Waals surface area contributed by atoms with Crippen molar-refractivity contribution in [3.63, 3.8) is 0 Å². The normalized spacial score (nSPS) is 23.1. The summed E-state index contributed by atoms with van der Waals surface area (Å²) < 4.78 is 10.3. The third kappa shape index (κ3) is 3.85. The zero-order chi connectivity index (χ0) is 7.23. The second kappa shape index (κ2) is 4.69. The molecule has 2 nitrogen and oxygen atoms in total. The van der Waals surface area contributed by atoms with E-state index in [0.29, 0.717) is 6.10 Å². The van der Waals surface area contributed by atoms with Gasteiger partial charge in [0.15, 0.2) is 0 Å². The summed E-state index contributed by atoms with van der Waals surface area (Å²) in [5, 5.41) is 0. The molecule has 60 valence electrons. The molecule has 0 aromatic heterocycles. The summed E-state index contributed by atoms with van der Waals surface area (Å²) in [5.74, 6) is 0. The Bertz CT molecular complexity index is 79.3. The van der Waals surface area contributed by atoms with E-state index in [2.05, 4.69) is 6.92 Å². The highest BCUT2D eigenvalue weighted by atomic mass is 16.6. The van der Waals surface area contributed by atoms with E-state index in [-0.39, 0.29) is 0 Å². The molecule has 0 amide bonds. The van der Waals surface area contributed by atoms with E-state index in [9.17, 15) is 0 Å². The Morgan fingerprint density at radius 3 is 2.90 bits per heavy atom. The third-order valence-electron chi connectivity index (χ3n) is 1.60. The Hall–Kier alpha value is -0.0800. The lowest BCUT2D eigenvalue weighted by Gasteiger charge is -1.99. The SMILES string of the molecule is CCCCCOC[C@H]1CO1. The molecule has 1 atom stereocenters. The first-order valence-electron chi connectivity index (χ1n) is 4.13. The fourth-order valence-corrected chi connectivity index (χ4v) is 0.833. The van der Waals surface area contributed by atoms with Crippen molar-refractivity contribution in [3.05, 3.63) is 0 Å². The molecule has 1 aliphatic rings. The first-order chi connectivity index (χ1) is 4.93. The van der Waals surface area contributed by atoms with Gasteiger partial charge in [0, 0.05) is 6.61 Å². The lowest BCUT2D eigenvalue weighted by molar-refractivity contribution is 0.113. The lowest BCUT2D eigenvalue weighted by Crippen LogP contribution is -2.02. The van der Waals surface area contributed by atoms with Gasteiger partial charge in [0.2, 0.25) is 0 Å². The van der Waals surface area contributed by atoms with Crippen molar-refractivity contribution < 1.29 is 9.47 Å². The van der Waals surface area contributed by atoms with Crippen LogP contribution in [-0.4, -0.2) is 25.9 Å². The third-order valence-corrected chi connectivity index (χ3v) is 1.60. The van der Waals surface area contributed by atoms with Crippen LogP contribution in [0.2, 0.25) is 0 Å². The molecule has 1 rings (SSSR count). The molecule has 10 heavy (non-hydrogen) atoms. The van der Waals surface area contributed by atoms with E-state index in [1.807, 2.05) is 0 Å². The van der Waals surface area contributed by atoms with Crippen molar-refractivity contribution in [1.82, 2.24) is 0 Å². The van der Waals surface area contributed by atoms with Crippen LogP contribution in [0.15, 0.2) is 0 Å². The Kier molecular flexibility index (Phi) is 3.76. The van der Waals surface area contributed by atoms with Gasteiger partial charge in [-0.05, 0) is 6.42 Å². The maximum atomic E-state index is 5.33. The van der Waals surface area contributed by atoms with E-state index in [1.54, 1.807) is 0 Å². The van der Waals surface area contributed by atoms with Gasteiger partial charge in [0.05, 0.1) is 13.2 Å². The number of unbranched alkanes of at least 4 members (excludes halogenated alkanes) is 2. The number of hydrogen-bond acceptors (Lipinski definition) is 2. The van der Waals surface area contributed by atoms with Crippen LogP contribution in [0.1, 0.15) is 26.2 Å². The zero-order valence-electron chi connectivity index (χ0n) is 6.64. The van der Waals surface area contributed by atoms with Gasteiger partial charge in [-0.3, -0.25) is 0 Å². The fraction of sp³-hybridized carbons (Fsp3) is 1.00. The van der Waals surface area contributed by atoms with Crippen LogP contribution < -0.4 is 0 Å². The minimum absolute atomic E-state index is 0.432. The predicted molar refractivity (Wildman–Crippen MR) is 40.1 cm³/mol. The van der Waals surface area contributed by atoms with Crippen molar-refractivity contribution in [1.29, 1.82) is 0 Å². The molecule has 1 heterocycles.